The molecule has 0 unspecified atom stereocenters. The molecule has 3 heteroatoms. The molecule has 1 aliphatic carbocycles. The zero-order valence-corrected chi connectivity index (χ0v) is 15.9. The van der Waals surface area contributed by atoms with Crippen molar-refractivity contribution in [1.29, 1.82) is 0 Å². The van der Waals surface area contributed by atoms with Crippen LogP contribution in [0.4, 0.5) is 5.69 Å². The van der Waals surface area contributed by atoms with E-state index < -0.39 is 0 Å². The maximum absolute atomic E-state index is 6.20. The maximum Gasteiger partial charge on any atom is 0.120 e. The van der Waals surface area contributed by atoms with Crippen molar-refractivity contribution >= 4 is 5.69 Å². The van der Waals surface area contributed by atoms with Crippen molar-refractivity contribution in [2.75, 3.05) is 19.5 Å². The first-order valence-electron chi connectivity index (χ1n) is 9.45. The molecule has 1 N–H and O–H groups in total. The second kappa shape index (κ2) is 7.75. The SMILES string of the molecule is CNc1cccc(C2CC2)c1COc1cccc(-c2ccc(OC)cc2)c1. The lowest BCUT2D eigenvalue weighted by Crippen LogP contribution is -2.04. The van der Waals surface area contributed by atoms with E-state index in [4.69, 9.17) is 9.47 Å². The van der Waals surface area contributed by atoms with Gasteiger partial charge in [0.15, 0.2) is 0 Å². The average molecular weight is 359 g/mol. The van der Waals surface area contributed by atoms with Gasteiger partial charge in [0.2, 0.25) is 0 Å². The molecule has 1 fully saturated rings. The second-order valence-electron chi connectivity index (χ2n) is 6.94. The number of hydrogen-bond acceptors (Lipinski definition) is 3. The summed E-state index contributed by atoms with van der Waals surface area (Å²) in [5.74, 6) is 2.45. The lowest BCUT2D eigenvalue weighted by atomic mass is 10.0. The maximum atomic E-state index is 6.20. The van der Waals surface area contributed by atoms with Gasteiger partial charge in [-0.1, -0.05) is 36.4 Å². The molecule has 0 atom stereocenters. The fourth-order valence-corrected chi connectivity index (χ4v) is 3.48. The van der Waals surface area contributed by atoms with Crippen molar-refractivity contribution < 1.29 is 9.47 Å². The van der Waals surface area contributed by atoms with Crippen LogP contribution in [0.5, 0.6) is 11.5 Å². The number of rotatable bonds is 7. The highest BCUT2D eigenvalue weighted by Crippen LogP contribution is 2.43. The lowest BCUT2D eigenvalue weighted by molar-refractivity contribution is 0.305. The number of nitrogens with one attached hydrogen (secondary N) is 1. The summed E-state index contributed by atoms with van der Waals surface area (Å²) in [6.45, 7) is 0.578. The highest BCUT2D eigenvalue weighted by Gasteiger charge is 2.27. The third-order valence-electron chi connectivity index (χ3n) is 5.14. The van der Waals surface area contributed by atoms with Crippen LogP contribution in [0.25, 0.3) is 11.1 Å². The van der Waals surface area contributed by atoms with Crippen molar-refractivity contribution in [2.24, 2.45) is 0 Å². The Morgan fingerprint density at radius 1 is 0.889 bits per heavy atom. The van der Waals surface area contributed by atoms with Gasteiger partial charge in [-0.15, -0.1) is 0 Å². The molecule has 138 valence electrons. The first kappa shape index (κ1) is 17.5. The van der Waals surface area contributed by atoms with E-state index in [1.165, 1.54) is 24.0 Å². The van der Waals surface area contributed by atoms with Gasteiger partial charge in [-0.25, -0.2) is 0 Å². The molecule has 3 nitrogen and oxygen atoms in total. The minimum Gasteiger partial charge on any atom is -0.497 e. The molecule has 0 spiro atoms. The molecule has 1 aliphatic rings. The van der Waals surface area contributed by atoms with Crippen LogP contribution in [0.2, 0.25) is 0 Å². The van der Waals surface area contributed by atoms with Crippen LogP contribution in [0.15, 0.2) is 66.7 Å². The van der Waals surface area contributed by atoms with Gasteiger partial charge in [0, 0.05) is 18.3 Å². The Kier molecular flexibility index (Phi) is 5.01. The summed E-state index contributed by atoms with van der Waals surface area (Å²) in [5.41, 5.74) is 6.14. The number of hydrogen-bond donors (Lipinski definition) is 1. The molecule has 0 heterocycles. The Balaban J connectivity index is 1.54. The third-order valence-corrected chi connectivity index (χ3v) is 5.14. The van der Waals surface area contributed by atoms with E-state index >= 15 is 0 Å². The summed E-state index contributed by atoms with van der Waals surface area (Å²) in [6, 6.07) is 22.9. The van der Waals surface area contributed by atoms with Crippen LogP contribution in [0, 0.1) is 0 Å². The molecule has 4 rings (SSSR count). The van der Waals surface area contributed by atoms with Crippen molar-refractivity contribution in [3.8, 4) is 22.6 Å². The van der Waals surface area contributed by atoms with Gasteiger partial charge in [-0.3, -0.25) is 0 Å². The predicted molar refractivity (Wildman–Crippen MR) is 111 cm³/mol. The number of methoxy groups -OCH3 is 1. The zero-order valence-electron chi connectivity index (χ0n) is 15.9. The molecule has 27 heavy (non-hydrogen) atoms. The first-order valence-corrected chi connectivity index (χ1v) is 9.45. The standard InChI is InChI=1S/C24H25NO2/c1-25-24-8-4-7-22(18-9-10-18)23(24)16-27-21-6-3-5-19(15-21)17-11-13-20(26-2)14-12-17/h3-8,11-15,18,25H,9-10,16H2,1-2H3. The van der Waals surface area contributed by atoms with Crippen molar-refractivity contribution in [2.45, 2.75) is 25.4 Å². The van der Waals surface area contributed by atoms with Crippen molar-refractivity contribution in [1.82, 2.24) is 0 Å². The molecule has 3 aromatic rings. The van der Waals surface area contributed by atoms with E-state index in [-0.39, 0.29) is 0 Å². The van der Waals surface area contributed by atoms with Gasteiger partial charge < -0.3 is 14.8 Å². The molecular weight excluding hydrogens is 334 g/mol. The Labute approximate surface area is 161 Å². The lowest BCUT2D eigenvalue weighted by Gasteiger charge is -2.16. The Morgan fingerprint density at radius 3 is 2.37 bits per heavy atom. The van der Waals surface area contributed by atoms with E-state index in [0.717, 1.165) is 28.3 Å². The van der Waals surface area contributed by atoms with Gasteiger partial charge in [0.1, 0.15) is 18.1 Å². The van der Waals surface area contributed by atoms with Gasteiger partial charge in [0.05, 0.1) is 7.11 Å². The smallest absolute Gasteiger partial charge is 0.120 e. The summed E-state index contributed by atoms with van der Waals surface area (Å²) in [7, 11) is 3.65. The molecule has 0 amide bonds. The van der Waals surface area contributed by atoms with Crippen molar-refractivity contribution in [3.63, 3.8) is 0 Å². The summed E-state index contributed by atoms with van der Waals surface area (Å²) >= 11 is 0. The highest BCUT2D eigenvalue weighted by atomic mass is 16.5. The van der Waals surface area contributed by atoms with E-state index in [1.54, 1.807) is 7.11 Å². The van der Waals surface area contributed by atoms with Crippen LogP contribution in [0.1, 0.15) is 29.9 Å². The fraction of sp³-hybridized carbons (Fsp3) is 0.250. The van der Waals surface area contributed by atoms with Gasteiger partial charge in [-0.2, -0.15) is 0 Å². The molecule has 1 saturated carbocycles. The Hall–Kier alpha value is -2.94. The molecule has 0 aliphatic heterocycles. The molecular formula is C24H25NO2. The normalized spacial score (nSPS) is 13.3. The molecule has 0 aromatic heterocycles. The minimum absolute atomic E-state index is 0.578. The van der Waals surface area contributed by atoms with Crippen LogP contribution < -0.4 is 14.8 Å². The van der Waals surface area contributed by atoms with E-state index in [1.807, 2.05) is 31.3 Å². The van der Waals surface area contributed by atoms with Gasteiger partial charge in [-0.05, 0) is 65.8 Å². The van der Waals surface area contributed by atoms with E-state index in [9.17, 15) is 0 Å². The van der Waals surface area contributed by atoms with Crippen LogP contribution in [0.3, 0.4) is 0 Å². The largest absolute Gasteiger partial charge is 0.497 e. The van der Waals surface area contributed by atoms with Crippen LogP contribution in [-0.2, 0) is 6.61 Å². The van der Waals surface area contributed by atoms with Gasteiger partial charge in [0.25, 0.3) is 0 Å². The summed E-state index contributed by atoms with van der Waals surface area (Å²) < 4.78 is 11.4. The van der Waals surface area contributed by atoms with E-state index in [0.29, 0.717) is 12.5 Å². The first-order chi connectivity index (χ1) is 13.3. The molecule has 3 aromatic carbocycles. The molecule has 0 saturated heterocycles. The summed E-state index contributed by atoms with van der Waals surface area (Å²) in [6.07, 6.45) is 2.57. The van der Waals surface area contributed by atoms with Crippen LogP contribution in [-0.4, -0.2) is 14.2 Å². The minimum atomic E-state index is 0.578. The Morgan fingerprint density at radius 2 is 1.67 bits per heavy atom. The monoisotopic (exact) mass is 359 g/mol. The summed E-state index contributed by atoms with van der Waals surface area (Å²) in [5, 5.41) is 3.31. The molecule has 0 radical (unpaired) electrons. The average Bonchev–Trinajstić information content (AvgIpc) is 3.57. The predicted octanol–water partition coefficient (Wildman–Crippen LogP) is 5.86. The molecule has 0 bridgehead atoms. The van der Waals surface area contributed by atoms with Crippen molar-refractivity contribution in [3.05, 3.63) is 77.9 Å². The number of anilines is 1. The van der Waals surface area contributed by atoms with E-state index in [2.05, 4.69) is 47.8 Å². The van der Waals surface area contributed by atoms with Gasteiger partial charge >= 0.3 is 0 Å². The quantitative estimate of drug-likeness (QED) is 0.573. The second-order valence-corrected chi connectivity index (χ2v) is 6.94. The zero-order chi connectivity index (χ0) is 18.6. The fourth-order valence-electron chi connectivity index (χ4n) is 3.48. The third kappa shape index (κ3) is 3.92. The number of ether oxygens (including phenoxy) is 2. The topological polar surface area (TPSA) is 30.5 Å². The highest BCUT2D eigenvalue weighted by molar-refractivity contribution is 5.65. The summed E-state index contributed by atoms with van der Waals surface area (Å²) in [4.78, 5) is 0. The number of benzene rings is 3. The van der Waals surface area contributed by atoms with Crippen LogP contribution >= 0.6 is 0 Å². The Bertz CT molecular complexity index is 914.